The van der Waals surface area contributed by atoms with Crippen molar-refractivity contribution in [3.63, 3.8) is 0 Å². The van der Waals surface area contributed by atoms with E-state index in [1.807, 2.05) is 13.8 Å². The maximum absolute atomic E-state index is 12.6. The molecule has 0 aliphatic heterocycles. The molecule has 0 fully saturated rings. The number of rotatable bonds is 8. The predicted molar refractivity (Wildman–Crippen MR) is 101 cm³/mol. The molecule has 2 aromatic rings. The van der Waals surface area contributed by atoms with Gasteiger partial charge >= 0.3 is 5.97 Å². The number of carbonyl (C=O) groups is 2. The fraction of sp³-hybridized carbons (Fsp3) is 0.300. The molecule has 0 unspecified atom stereocenters. The second-order valence-electron chi connectivity index (χ2n) is 6.15. The molecule has 0 heterocycles. The van der Waals surface area contributed by atoms with Crippen molar-refractivity contribution in [2.75, 3.05) is 19.0 Å². The molecule has 0 radical (unpaired) electrons. The maximum atomic E-state index is 12.6. The zero-order chi connectivity index (χ0) is 20.0. The van der Waals surface area contributed by atoms with Crippen LogP contribution in [0.2, 0.25) is 0 Å². The van der Waals surface area contributed by atoms with Crippen LogP contribution in [0.5, 0.6) is 17.2 Å². The van der Waals surface area contributed by atoms with Crippen LogP contribution in [0, 0.1) is 6.92 Å². The largest absolute Gasteiger partial charge is 0.493 e. The van der Waals surface area contributed by atoms with Gasteiger partial charge in [-0.2, -0.15) is 0 Å². The highest BCUT2D eigenvalue weighted by atomic mass is 16.5. The minimum Gasteiger partial charge on any atom is -0.493 e. The molecule has 0 bridgehead atoms. The number of anilines is 1. The van der Waals surface area contributed by atoms with Crippen molar-refractivity contribution in [3.8, 4) is 17.2 Å². The standard InChI is InChI=1S/C20H23NO6/c1-12(2)27-17-8-5-14(10-18(17)25-4)20(24)21-16-7-6-15(9-13(16)3)26-11-19(22)23/h5-10,12H,11H2,1-4H3,(H,21,24)(H,22,23). The van der Waals surface area contributed by atoms with Gasteiger partial charge in [0, 0.05) is 11.3 Å². The Morgan fingerprint density at radius 1 is 1.11 bits per heavy atom. The number of carbonyl (C=O) groups excluding carboxylic acids is 1. The number of hydrogen-bond donors (Lipinski definition) is 2. The molecule has 2 N–H and O–H groups in total. The molecule has 0 aliphatic carbocycles. The van der Waals surface area contributed by atoms with Gasteiger partial charge < -0.3 is 24.6 Å². The highest BCUT2D eigenvalue weighted by molar-refractivity contribution is 6.05. The summed E-state index contributed by atoms with van der Waals surface area (Å²) < 4.78 is 16.1. The minimum atomic E-state index is -1.05. The number of carboxylic acids is 1. The summed E-state index contributed by atoms with van der Waals surface area (Å²) in [4.78, 5) is 23.1. The van der Waals surface area contributed by atoms with Crippen molar-refractivity contribution in [2.24, 2.45) is 0 Å². The zero-order valence-corrected chi connectivity index (χ0v) is 15.7. The highest BCUT2D eigenvalue weighted by Gasteiger charge is 2.13. The van der Waals surface area contributed by atoms with Crippen LogP contribution in [-0.4, -0.2) is 36.8 Å². The van der Waals surface area contributed by atoms with Crippen LogP contribution < -0.4 is 19.5 Å². The molecule has 0 atom stereocenters. The molecule has 0 aromatic heterocycles. The van der Waals surface area contributed by atoms with Crippen molar-refractivity contribution in [3.05, 3.63) is 47.5 Å². The minimum absolute atomic E-state index is 0.0110. The van der Waals surface area contributed by atoms with Gasteiger partial charge in [-0.25, -0.2) is 4.79 Å². The monoisotopic (exact) mass is 373 g/mol. The quantitative estimate of drug-likeness (QED) is 0.735. The lowest BCUT2D eigenvalue weighted by molar-refractivity contribution is -0.139. The number of ether oxygens (including phenoxy) is 3. The van der Waals surface area contributed by atoms with E-state index in [0.717, 1.165) is 5.56 Å². The lowest BCUT2D eigenvalue weighted by atomic mass is 10.1. The van der Waals surface area contributed by atoms with E-state index in [1.165, 1.54) is 7.11 Å². The summed E-state index contributed by atoms with van der Waals surface area (Å²) in [6.45, 7) is 5.19. The molecule has 0 saturated carbocycles. The van der Waals surface area contributed by atoms with Crippen LogP contribution in [-0.2, 0) is 4.79 Å². The Morgan fingerprint density at radius 2 is 1.85 bits per heavy atom. The predicted octanol–water partition coefficient (Wildman–Crippen LogP) is 3.51. The molecule has 0 aliphatic rings. The van der Waals surface area contributed by atoms with E-state index in [4.69, 9.17) is 19.3 Å². The van der Waals surface area contributed by atoms with Gasteiger partial charge in [-0.15, -0.1) is 0 Å². The molecule has 1 amide bonds. The average molecular weight is 373 g/mol. The molecule has 144 valence electrons. The number of methoxy groups -OCH3 is 1. The summed E-state index contributed by atoms with van der Waals surface area (Å²) >= 11 is 0. The third-order valence-electron chi connectivity index (χ3n) is 3.60. The van der Waals surface area contributed by atoms with Gasteiger partial charge in [0.05, 0.1) is 13.2 Å². The molecule has 0 saturated heterocycles. The van der Waals surface area contributed by atoms with Crippen LogP contribution in [0.25, 0.3) is 0 Å². The van der Waals surface area contributed by atoms with E-state index in [0.29, 0.717) is 28.5 Å². The maximum Gasteiger partial charge on any atom is 0.341 e. The first kappa shape index (κ1) is 20.1. The van der Waals surface area contributed by atoms with E-state index in [9.17, 15) is 9.59 Å². The van der Waals surface area contributed by atoms with Crippen LogP contribution >= 0.6 is 0 Å². The third kappa shape index (κ3) is 5.64. The van der Waals surface area contributed by atoms with Crippen LogP contribution in [0.1, 0.15) is 29.8 Å². The van der Waals surface area contributed by atoms with Crippen LogP contribution in [0.4, 0.5) is 5.69 Å². The average Bonchev–Trinajstić information content (AvgIpc) is 2.61. The Bertz CT molecular complexity index is 831. The Balaban J connectivity index is 2.13. The van der Waals surface area contributed by atoms with Gasteiger partial charge in [0.25, 0.3) is 5.91 Å². The lowest BCUT2D eigenvalue weighted by Gasteiger charge is -2.15. The summed E-state index contributed by atoms with van der Waals surface area (Å²) in [6.07, 6.45) is -0.0110. The Hall–Kier alpha value is -3.22. The Kier molecular flexibility index (Phi) is 6.65. The number of nitrogens with one attached hydrogen (secondary N) is 1. The van der Waals surface area contributed by atoms with Crippen molar-refractivity contribution < 1.29 is 28.9 Å². The van der Waals surface area contributed by atoms with Crippen LogP contribution in [0.3, 0.4) is 0 Å². The number of carboxylic acid groups (broad SMARTS) is 1. The zero-order valence-electron chi connectivity index (χ0n) is 15.7. The summed E-state index contributed by atoms with van der Waals surface area (Å²) in [6, 6.07) is 9.91. The molecule has 7 heteroatoms. The Morgan fingerprint density at radius 3 is 2.44 bits per heavy atom. The van der Waals surface area contributed by atoms with Crippen molar-refractivity contribution in [1.82, 2.24) is 0 Å². The number of hydrogen-bond acceptors (Lipinski definition) is 5. The second kappa shape index (κ2) is 8.93. The topological polar surface area (TPSA) is 94.1 Å². The summed E-state index contributed by atoms with van der Waals surface area (Å²) in [5.41, 5.74) is 1.77. The first-order valence-corrected chi connectivity index (χ1v) is 8.41. The highest BCUT2D eigenvalue weighted by Crippen LogP contribution is 2.29. The summed E-state index contributed by atoms with van der Waals surface area (Å²) in [7, 11) is 1.52. The Labute approximate surface area is 157 Å². The van der Waals surface area contributed by atoms with Gasteiger partial charge in [-0.1, -0.05) is 0 Å². The molecular weight excluding hydrogens is 350 g/mol. The van der Waals surface area contributed by atoms with Crippen LogP contribution in [0.15, 0.2) is 36.4 Å². The van der Waals surface area contributed by atoms with Crippen molar-refractivity contribution in [2.45, 2.75) is 26.9 Å². The molecule has 2 aromatic carbocycles. The SMILES string of the molecule is COc1cc(C(=O)Nc2ccc(OCC(=O)O)cc2C)ccc1OC(C)C. The van der Waals surface area contributed by atoms with Gasteiger partial charge in [-0.05, 0) is 62.7 Å². The smallest absolute Gasteiger partial charge is 0.341 e. The van der Waals surface area contributed by atoms with Gasteiger partial charge in [0.2, 0.25) is 0 Å². The lowest BCUT2D eigenvalue weighted by Crippen LogP contribution is -2.14. The number of aryl methyl sites for hydroxylation is 1. The van der Waals surface area contributed by atoms with E-state index < -0.39 is 12.6 Å². The molecule has 0 spiro atoms. The molecule has 2 rings (SSSR count). The summed E-state index contributed by atoms with van der Waals surface area (Å²) in [5, 5.41) is 11.5. The first-order valence-electron chi connectivity index (χ1n) is 8.41. The van der Waals surface area contributed by atoms with E-state index in [-0.39, 0.29) is 12.0 Å². The second-order valence-corrected chi connectivity index (χ2v) is 6.15. The normalized spacial score (nSPS) is 10.4. The molecule has 27 heavy (non-hydrogen) atoms. The van der Waals surface area contributed by atoms with Gasteiger partial charge in [0.1, 0.15) is 5.75 Å². The number of amides is 1. The first-order chi connectivity index (χ1) is 12.8. The fourth-order valence-corrected chi connectivity index (χ4v) is 2.37. The summed E-state index contributed by atoms with van der Waals surface area (Å²) in [5.74, 6) is 0.117. The number of benzene rings is 2. The van der Waals surface area contributed by atoms with E-state index >= 15 is 0 Å². The van der Waals surface area contributed by atoms with E-state index in [1.54, 1.807) is 43.3 Å². The number of aliphatic carboxylic acids is 1. The molecule has 7 nitrogen and oxygen atoms in total. The van der Waals surface area contributed by atoms with Crippen molar-refractivity contribution >= 4 is 17.6 Å². The molecular formula is C20H23NO6. The third-order valence-corrected chi connectivity index (χ3v) is 3.60. The fourth-order valence-electron chi connectivity index (χ4n) is 2.37. The van der Waals surface area contributed by atoms with E-state index in [2.05, 4.69) is 5.32 Å². The van der Waals surface area contributed by atoms with Gasteiger partial charge in [0.15, 0.2) is 18.1 Å². The van der Waals surface area contributed by atoms with Crippen molar-refractivity contribution in [1.29, 1.82) is 0 Å². The van der Waals surface area contributed by atoms with Gasteiger partial charge in [-0.3, -0.25) is 4.79 Å².